The molecule has 0 fully saturated rings. The Labute approximate surface area is 72.2 Å². The number of aryl methyl sites for hydroxylation is 1. The summed E-state index contributed by atoms with van der Waals surface area (Å²) in [5.74, 6) is 0.613. The van der Waals surface area contributed by atoms with Crippen molar-refractivity contribution in [3.63, 3.8) is 0 Å². The van der Waals surface area contributed by atoms with Crippen LogP contribution in [0.3, 0.4) is 0 Å². The first-order chi connectivity index (χ1) is 5.43. The van der Waals surface area contributed by atoms with Crippen molar-refractivity contribution in [2.45, 2.75) is 26.9 Å². The van der Waals surface area contributed by atoms with Crippen LogP contribution < -0.4 is 0 Å². The quantitative estimate of drug-likeness (QED) is 0.679. The molecule has 0 saturated heterocycles. The molecule has 0 bridgehead atoms. The summed E-state index contributed by atoms with van der Waals surface area (Å²) in [7, 11) is 1.82. The van der Waals surface area contributed by atoms with Gasteiger partial charge in [0.25, 0.3) is 0 Å². The Morgan fingerprint density at radius 3 is 2.42 bits per heavy atom. The first-order valence-corrected chi connectivity index (χ1v) is 3.95. The van der Waals surface area contributed by atoms with Crippen molar-refractivity contribution < 1.29 is 5.11 Å². The summed E-state index contributed by atoms with van der Waals surface area (Å²) >= 11 is 0. The van der Waals surface area contributed by atoms with Gasteiger partial charge in [0.15, 0.2) is 5.82 Å². The molecular weight excluding hydrogens is 154 g/mol. The highest BCUT2D eigenvalue weighted by Gasteiger charge is 2.27. The van der Waals surface area contributed by atoms with Crippen molar-refractivity contribution in [3.8, 4) is 0 Å². The Morgan fingerprint density at radius 2 is 2.08 bits per heavy atom. The second-order valence-electron chi connectivity index (χ2n) is 4.07. The molecule has 1 aromatic rings. The zero-order chi connectivity index (χ0) is 9.35. The van der Waals surface area contributed by atoms with Gasteiger partial charge in [-0.1, -0.05) is 20.8 Å². The molecule has 4 nitrogen and oxygen atoms in total. The van der Waals surface area contributed by atoms with Gasteiger partial charge in [-0.25, -0.2) is 0 Å². The van der Waals surface area contributed by atoms with Gasteiger partial charge < -0.3 is 9.67 Å². The molecule has 0 aliphatic heterocycles. The molecule has 1 heterocycles. The average molecular weight is 169 g/mol. The second-order valence-corrected chi connectivity index (χ2v) is 4.07. The number of aliphatic hydroxyl groups is 1. The third-order valence-corrected chi connectivity index (χ3v) is 1.81. The highest BCUT2D eigenvalue weighted by atomic mass is 16.3. The summed E-state index contributed by atoms with van der Waals surface area (Å²) in [4.78, 5) is 0. The Hall–Kier alpha value is -0.900. The third kappa shape index (κ3) is 1.64. The molecular formula is C8H15N3O. The minimum absolute atomic E-state index is 0.194. The van der Waals surface area contributed by atoms with Crippen LogP contribution in [0.2, 0.25) is 0 Å². The van der Waals surface area contributed by atoms with E-state index < -0.39 is 6.10 Å². The predicted octanol–water partition coefficient (Wildman–Crippen LogP) is 0.895. The normalized spacial score (nSPS) is 14.8. The molecule has 68 valence electrons. The SMILES string of the molecule is Cn1cnnc1C(O)C(C)(C)C. The highest BCUT2D eigenvalue weighted by Crippen LogP contribution is 2.30. The molecule has 4 heteroatoms. The average Bonchev–Trinajstić information content (AvgIpc) is 2.31. The van der Waals surface area contributed by atoms with Crippen molar-refractivity contribution in [2.24, 2.45) is 12.5 Å². The third-order valence-electron chi connectivity index (χ3n) is 1.81. The van der Waals surface area contributed by atoms with Gasteiger partial charge in [-0.05, 0) is 5.41 Å². The van der Waals surface area contributed by atoms with Crippen LogP contribution in [0.5, 0.6) is 0 Å². The molecule has 1 rings (SSSR count). The standard InChI is InChI=1S/C8H15N3O/c1-8(2,3)6(12)7-10-9-5-11(7)4/h5-6,12H,1-4H3. The maximum Gasteiger partial charge on any atom is 0.162 e. The van der Waals surface area contributed by atoms with Crippen molar-refractivity contribution in [2.75, 3.05) is 0 Å². The molecule has 0 saturated carbocycles. The van der Waals surface area contributed by atoms with E-state index in [1.807, 2.05) is 27.8 Å². The van der Waals surface area contributed by atoms with Crippen LogP contribution in [0.4, 0.5) is 0 Å². The molecule has 0 aromatic carbocycles. The van der Waals surface area contributed by atoms with Gasteiger partial charge in [0.2, 0.25) is 0 Å². The number of aromatic nitrogens is 3. The smallest absolute Gasteiger partial charge is 0.162 e. The number of rotatable bonds is 1. The van der Waals surface area contributed by atoms with Crippen molar-refractivity contribution >= 4 is 0 Å². The van der Waals surface area contributed by atoms with Gasteiger partial charge in [-0.2, -0.15) is 0 Å². The fraction of sp³-hybridized carbons (Fsp3) is 0.750. The highest BCUT2D eigenvalue weighted by molar-refractivity contribution is 4.95. The maximum atomic E-state index is 9.80. The molecule has 0 aliphatic carbocycles. The van der Waals surface area contributed by atoms with E-state index in [4.69, 9.17) is 0 Å². The Balaban J connectivity index is 2.92. The molecule has 0 spiro atoms. The lowest BCUT2D eigenvalue weighted by Crippen LogP contribution is -2.21. The lowest BCUT2D eigenvalue weighted by atomic mass is 9.89. The number of nitrogens with zero attached hydrogens (tertiary/aromatic N) is 3. The van der Waals surface area contributed by atoms with Gasteiger partial charge in [0.05, 0.1) is 0 Å². The Morgan fingerprint density at radius 1 is 1.50 bits per heavy atom. The lowest BCUT2D eigenvalue weighted by molar-refractivity contribution is 0.0522. The molecule has 12 heavy (non-hydrogen) atoms. The number of aliphatic hydroxyl groups excluding tert-OH is 1. The first-order valence-electron chi connectivity index (χ1n) is 3.95. The molecule has 0 aliphatic rings. The van der Waals surface area contributed by atoms with E-state index in [9.17, 15) is 5.11 Å². The summed E-state index contributed by atoms with van der Waals surface area (Å²) in [6.45, 7) is 5.89. The number of hydrogen-bond donors (Lipinski definition) is 1. The molecule has 0 radical (unpaired) electrons. The van der Waals surface area contributed by atoms with E-state index in [2.05, 4.69) is 10.2 Å². The van der Waals surface area contributed by atoms with Crippen molar-refractivity contribution in [1.29, 1.82) is 0 Å². The van der Waals surface area contributed by atoms with Gasteiger partial charge in [0.1, 0.15) is 12.4 Å². The van der Waals surface area contributed by atoms with Crippen LogP contribution in [-0.4, -0.2) is 19.9 Å². The summed E-state index contributed by atoms with van der Waals surface area (Å²) < 4.78 is 1.73. The van der Waals surface area contributed by atoms with E-state index >= 15 is 0 Å². The van der Waals surface area contributed by atoms with Crippen LogP contribution in [0.15, 0.2) is 6.33 Å². The van der Waals surface area contributed by atoms with E-state index in [1.54, 1.807) is 10.9 Å². The van der Waals surface area contributed by atoms with E-state index in [1.165, 1.54) is 0 Å². The molecule has 0 amide bonds. The fourth-order valence-electron chi connectivity index (χ4n) is 0.927. The first kappa shape index (κ1) is 9.19. The minimum atomic E-state index is -0.565. The van der Waals surface area contributed by atoms with Gasteiger partial charge >= 0.3 is 0 Å². The topological polar surface area (TPSA) is 50.9 Å². The van der Waals surface area contributed by atoms with Crippen LogP contribution in [-0.2, 0) is 7.05 Å². The van der Waals surface area contributed by atoms with E-state index in [0.29, 0.717) is 5.82 Å². The molecule has 1 atom stereocenters. The van der Waals surface area contributed by atoms with Crippen LogP contribution >= 0.6 is 0 Å². The molecule has 1 unspecified atom stereocenters. The molecule has 1 aromatic heterocycles. The zero-order valence-electron chi connectivity index (χ0n) is 7.94. The summed E-state index contributed by atoms with van der Waals surface area (Å²) in [6, 6.07) is 0. The second kappa shape index (κ2) is 2.86. The van der Waals surface area contributed by atoms with Gasteiger partial charge in [-0.15, -0.1) is 10.2 Å². The zero-order valence-corrected chi connectivity index (χ0v) is 7.94. The van der Waals surface area contributed by atoms with Gasteiger partial charge in [-0.3, -0.25) is 0 Å². The molecule has 1 N–H and O–H groups in total. The minimum Gasteiger partial charge on any atom is -0.385 e. The van der Waals surface area contributed by atoms with Crippen LogP contribution in [0.1, 0.15) is 32.7 Å². The Kier molecular flexibility index (Phi) is 2.19. The van der Waals surface area contributed by atoms with Crippen LogP contribution in [0.25, 0.3) is 0 Å². The lowest BCUT2D eigenvalue weighted by Gasteiger charge is -2.24. The summed E-state index contributed by atoms with van der Waals surface area (Å²) in [5, 5.41) is 17.4. The largest absolute Gasteiger partial charge is 0.385 e. The fourth-order valence-corrected chi connectivity index (χ4v) is 0.927. The van der Waals surface area contributed by atoms with Gasteiger partial charge in [0, 0.05) is 7.05 Å². The van der Waals surface area contributed by atoms with E-state index in [-0.39, 0.29) is 5.41 Å². The van der Waals surface area contributed by atoms with Crippen molar-refractivity contribution in [1.82, 2.24) is 14.8 Å². The Bertz CT molecular complexity index is 262. The maximum absolute atomic E-state index is 9.80. The van der Waals surface area contributed by atoms with E-state index in [0.717, 1.165) is 0 Å². The monoisotopic (exact) mass is 169 g/mol. The number of hydrogen-bond acceptors (Lipinski definition) is 3. The van der Waals surface area contributed by atoms with Crippen molar-refractivity contribution in [3.05, 3.63) is 12.2 Å². The summed E-state index contributed by atoms with van der Waals surface area (Å²) in [6.07, 6.45) is 1.02. The van der Waals surface area contributed by atoms with Crippen LogP contribution in [0, 0.1) is 5.41 Å². The predicted molar refractivity (Wildman–Crippen MR) is 45.4 cm³/mol. The summed E-state index contributed by atoms with van der Waals surface area (Å²) in [5.41, 5.74) is -0.194.